The second kappa shape index (κ2) is 10.6. The molecule has 5 atom stereocenters. The van der Waals surface area contributed by atoms with Crippen molar-refractivity contribution in [3.05, 3.63) is 0 Å². The first kappa shape index (κ1) is 20.8. The van der Waals surface area contributed by atoms with E-state index in [2.05, 4.69) is 12.2 Å². The molecule has 0 aromatic heterocycles. The van der Waals surface area contributed by atoms with Gasteiger partial charge < -0.3 is 30.5 Å². The maximum Gasteiger partial charge on any atom is 0.184 e. The van der Waals surface area contributed by atoms with Gasteiger partial charge in [-0.1, -0.05) is 51.9 Å². The zero-order valence-corrected chi connectivity index (χ0v) is 14.6. The Morgan fingerprint density at radius 3 is 2.04 bits per heavy atom. The summed E-state index contributed by atoms with van der Waals surface area (Å²) >= 11 is 0. The van der Waals surface area contributed by atoms with Gasteiger partial charge in [0.25, 0.3) is 0 Å². The van der Waals surface area contributed by atoms with Crippen molar-refractivity contribution in [3.63, 3.8) is 0 Å². The quantitative estimate of drug-likeness (QED) is 0.360. The molecule has 0 bridgehead atoms. The molecular weight excluding hydrogens is 298 g/mol. The Morgan fingerprint density at radius 1 is 0.957 bits per heavy atom. The van der Waals surface area contributed by atoms with Gasteiger partial charge in [-0.05, 0) is 13.5 Å². The van der Waals surface area contributed by atoms with E-state index in [0.717, 1.165) is 19.3 Å². The Hall–Kier alpha value is -0.240. The smallest absolute Gasteiger partial charge is 0.184 e. The molecule has 1 heterocycles. The van der Waals surface area contributed by atoms with Crippen LogP contribution >= 0.6 is 0 Å². The number of likely N-dealkylation sites (N-methyl/N-ethyl adjacent to an activating group) is 1. The van der Waals surface area contributed by atoms with Crippen molar-refractivity contribution in [2.24, 2.45) is 0 Å². The number of rotatable bonds is 11. The summed E-state index contributed by atoms with van der Waals surface area (Å²) < 4.78 is 5.50. The van der Waals surface area contributed by atoms with Crippen LogP contribution in [-0.4, -0.2) is 64.2 Å². The van der Waals surface area contributed by atoms with Crippen LogP contribution in [0.5, 0.6) is 0 Å². The third-order valence-corrected chi connectivity index (χ3v) is 4.79. The lowest BCUT2D eigenvalue weighted by atomic mass is 9.87. The molecule has 1 rings (SSSR count). The molecule has 23 heavy (non-hydrogen) atoms. The molecule has 0 aliphatic carbocycles. The molecule has 1 unspecified atom stereocenters. The Balaban J connectivity index is 2.39. The molecule has 0 radical (unpaired) electrons. The van der Waals surface area contributed by atoms with Gasteiger partial charge in [-0.25, -0.2) is 0 Å². The van der Waals surface area contributed by atoms with Crippen LogP contribution in [0.2, 0.25) is 0 Å². The molecule has 0 amide bonds. The SMILES string of the molecule is CCCCCCCCCCC1(O)O[C@H](CO)[C@@H](O)[C@H](O)[C@H]1NC. The van der Waals surface area contributed by atoms with Gasteiger partial charge in [0.1, 0.15) is 18.3 Å². The van der Waals surface area contributed by atoms with E-state index in [1.165, 1.54) is 32.1 Å². The lowest BCUT2D eigenvalue weighted by Crippen LogP contribution is -2.69. The fraction of sp³-hybridized carbons (Fsp3) is 1.00. The van der Waals surface area contributed by atoms with Crippen LogP contribution in [0.15, 0.2) is 0 Å². The standard InChI is InChI=1S/C17H35NO5/c1-3-4-5-6-7-8-9-10-11-17(22)16(18-2)15(21)14(20)13(12-19)23-17/h13-16,18-22H,3-12H2,1-2H3/t13-,14-,15+,16-,17?/m1/s1. The van der Waals surface area contributed by atoms with E-state index in [0.29, 0.717) is 6.42 Å². The van der Waals surface area contributed by atoms with Gasteiger partial charge in [-0.2, -0.15) is 0 Å². The summed E-state index contributed by atoms with van der Waals surface area (Å²) in [5, 5.41) is 42.8. The lowest BCUT2D eigenvalue weighted by Gasteiger charge is -2.47. The average molecular weight is 333 g/mol. The van der Waals surface area contributed by atoms with Gasteiger partial charge >= 0.3 is 0 Å². The second-order valence-electron chi connectivity index (χ2n) is 6.66. The van der Waals surface area contributed by atoms with Crippen LogP contribution in [-0.2, 0) is 4.74 Å². The summed E-state index contributed by atoms with van der Waals surface area (Å²) in [5.41, 5.74) is 0. The highest BCUT2D eigenvalue weighted by molar-refractivity contribution is 4.99. The Bertz CT molecular complexity index is 317. The van der Waals surface area contributed by atoms with E-state index in [-0.39, 0.29) is 0 Å². The van der Waals surface area contributed by atoms with E-state index in [1.54, 1.807) is 7.05 Å². The van der Waals surface area contributed by atoms with Crippen LogP contribution in [0.1, 0.15) is 64.7 Å². The molecule has 138 valence electrons. The van der Waals surface area contributed by atoms with Gasteiger partial charge in [0.05, 0.1) is 12.6 Å². The first-order valence-corrected chi connectivity index (χ1v) is 9.04. The highest BCUT2D eigenvalue weighted by atomic mass is 16.6. The Labute approximate surface area is 139 Å². The summed E-state index contributed by atoms with van der Waals surface area (Å²) in [7, 11) is 1.61. The van der Waals surface area contributed by atoms with E-state index in [4.69, 9.17) is 4.74 Å². The van der Waals surface area contributed by atoms with Crippen LogP contribution in [0.4, 0.5) is 0 Å². The van der Waals surface area contributed by atoms with E-state index in [1.807, 2.05) is 0 Å². The number of nitrogens with one attached hydrogen (secondary N) is 1. The molecule has 6 nitrogen and oxygen atoms in total. The predicted octanol–water partition coefficient (Wildman–Crippen LogP) is 0.907. The first-order chi connectivity index (χ1) is 11.0. The van der Waals surface area contributed by atoms with Gasteiger partial charge in [0, 0.05) is 6.42 Å². The van der Waals surface area contributed by atoms with Crippen molar-refractivity contribution >= 4 is 0 Å². The second-order valence-corrected chi connectivity index (χ2v) is 6.66. The fourth-order valence-corrected chi connectivity index (χ4v) is 3.36. The third-order valence-electron chi connectivity index (χ3n) is 4.79. The highest BCUT2D eigenvalue weighted by Crippen LogP contribution is 2.32. The summed E-state index contributed by atoms with van der Waals surface area (Å²) in [5.74, 6) is -1.57. The molecule has 1 aliphatic heterocycles. The molecule has 1 fully saturated rings. The number of ether oxygens (including phenoxy) is 1. The third kappa shape index (κ3) is 5.96. The van der Waals surface area contributed by atoms with Crippen LogP contribution in [0, 0.1) is 0 Å². The zero-order chi connectivity index (χ0) is 17.3. The molecule has 0 aromatic rings. The minimum absolute atomic E-state index is 0.369. The summed E-state index contributed by atoms with van der Waals surface area (Å²) in [6.07, 6.45) is 6.20. The van der Waals surface area contributed by atoms with Crippen molar-refractivity contribution < 1.29 is 25.2 Å². The predicted molar refractivity (Wildman–Crippen MR) is 89.0 cm³/mol. The topological polar surface area (TPSA) is 102 Å². The van der Waals surface area contributed by atoms with Gasteiger partial charge in [0.2, 0.25) is 0 Å². The monoisotopic (exact) mass is 333 g/mol. The number of unbranched alkanes of at least 4 members (excludes halogenated alkanes) is 7. The highest BCUT2D eigenvalue weighted by Gasteiger charge is 2.51. The molecule has 0 saturated carbocycles. The Morgan fingerprint density at radius 2 is 1.52 bits per heavy atom. The van der Waals surface area contributed by atoms with Crippen molar-refractivity contribution in [1.29, 1.82) is 0 Å². The van der Waals surface area contributed by atoms with E-state index < -0.39 is 36.7 Å². The normalized spacial score (nSPS) is 34.7. The summed E-state index contributed by atoms with van der Waals surface area (Å²) in [6.45, 7) is 1.77. The fourth-order valence-electron chi connectivity index (χ4n) is 3.36. The largest absolute Gasteiger partial charge is 0.394 e. The molecule has 0 spiro atoms. The maximum absolute atomic E-state index is 10.7. The van der Waals surface area contributed by atoms with Crippen LogP contribution < -0.4 is 5.32 Å². The van der Waals surface area contributed by atoms with Crippen LogP contribution in [0.25, 0.3) is 0 Å². The minimum atomic E-state index is -1.57. The number of aliphatic hydroxyl groups excluding tert-OH is 3. The molecule has 5 N–H and O–H groups in total. The Kier molecular flexibility index (Phi) is 9.58. The number of aliphatic hydroxyl groups is 4. The summed E-state index contributed by atoms with van der Waals surface area (Å²) in [4.78, 5) is 0. The number of hydrogen-bond acceptors (Lipinski definition) is 6. The minimum Gasteiger partial charge on any atom is -0.394 e. The number of hydrogen-bond donors (Lipinski definition) is 5. The van der Waals surface area contributed by atoms with Gasteiger partial charge in [0.15, 0.2) is 5.79 Å². The van der Waals surface area contributed by atoms with Gasteiger partial charge in [-0.15, -0.1) is 0 Å². The van der Waals surface area contributed by atoms with Gasteiger partial charge in [-0.3, -0.25) is 0 Å². The van der Waals surface area contributed by atoms with Crippen molar-refractivity contribution in [2.75, 3.05) is 13.7 Å². The first-order valence-electron chi connectivity index (χ1n) is 9.04. The molecule has 1 aliphatic rings. The lowest BCUT2D eigenvalue weighted by molar-refractivity contribution is -0.321. The molecule has 6 heteroatoms. The summed E-state index contributed by atoms with van der Waals surface area (Å²) in [6, 6.07) is -0.773. The van der Waals surface area contributed by atoms with E-state index in [9.17, 15) is 20.4 Å². The van der Waals surface area contributed by atoms with Crippen molar-refractivity contribution in [3.8, 4) is 0 Å². The van der Waals surface area contributed by atoms with Crippen LogP contribution in [0.3, 0.4) is 0 Å². The van der Waals surface area contributed by atoms with E-state index >= 15 is 0 Å². The van der Waals surface area contributed by atoms with Crippen molar-refractivity contribution in [2.45, 2.75) is 94.9 Å². The molecular formula is C17H35NO5. The zero-order valence-electron chi connectivity index (χ0n) is 14.6. The molecule has 0 aromatic carbocycles. The molecule has 1 saturated heterocycles. The average Bonchev–Trinajstić information content (AvgIpc) is 2.54. The van der Waals surface area contributed by atoms with Crippen molar-refractivity contribution in [1.82, 2.24) is 5.32 Å². The maximum atomic E-state index is 10.7.